The minimum Gasteiger partial charge on any atom is -0.426 e. The molecule has 0 unspecified atom stereocenters. The summed E-state index contributed by atoms with van der Waals surface area (Å²) in [5.74, 6) is -1.32. The number of esters is 1. The van der Waals surface area contributed by atoms with Crippen LogP contribution >= 0.6 is 0 Å². The van der Waals surface area contributed by atoms with Crippen LogP contribution in [0.1, 0.15) is 18.9 Å². The second kappa shape index (κ2) is 5.19. The molecule has 4 rings (SSSR count). The summed E-state index contributed by atoms with van der Waals surface area (Å²) < 4.78 is 23.2. The largest absolute Gasteiger partial charge is 0.426 e. The van der Waals surface area contributed by atoms with Gasteiger partial charge in [-0.3, -0.25) is 0 Å². The maximum absolute atomic E-state index is 11.3. The van der Waals surface area contributed by atoms with Crippen molar-refractivity contribution in [3.05, 3.63) is 48.0 Å². The van der Waals surface area contributed by atoms with Gasteiger partial charge in [0.1, 0.15) is 12.2 Å². The highest BCUT2D eigenvalue weighted by molar-refractivity contribution is 5.85. The average Bonchev–Trinajstić information content (AvgIpc) is 3.12. The molecule has 1 aromatic rings. The first-order valence-corrected chi connectivity index (χ1v) is 7.56. The summed E-state index contributed by atoms with van der Waals surface area (Å²) in [4.78, 5) is 11.3. The van der Waals surface area contributed by atoms with Crippen LogP contribution in [0.5, 0.6) is 0 Å². The molecule has 5 nitrogen and oxygen atoms in total. The number of carbonyl (C=O) groups excluding carboxylic acids is 1. The van der Waals surface area contributed by atoms with Gasteiger partial charge in [0, 0.05) is 12.5 Å². The van der Waals surface area contributed by atoms with Crippen LogP contribution in [0, 0.1) is 0 Å². The SMILES string of the molecule is C[C@H]1O[C@@H]2C[C@]3(C=CC(=O)O3)O[C@@H]2[C@H]1OCc1ccccc1. The molecule has 0 aromatic heterocycles. The minimum absolute atomic E-state index is 0.0443. The van der Waals surface area contributed by atoms with E-state index in [1.807, 2.05) is 37.3 Å². The van der Waals surface area contributed by atoms with E-state index in [0.717, 1.165) is 5.56 Å². The molecule has 3 aliphatic heterocycles. The molecule has 0 N–H and O–H groups in total. The molecule has 1 aromatic carbocycles. The fourth-order valence-corrected chi connectivity index (χ4v) is 3.38. The Morgan fingerprint density at radius 3 is 2.86 bits per heavy atom. The number of ether oxygens (including phenoxy) is 4. The Kier molecular flexibility index (Phi) is 3.29. The molecule has 5 atom stereocenters. The van der Waals surface area contributed by atoms with Crippen LogP contribution in [0.15, 0.2) is 42.5 Å². The Balaban J connectivity index is 1.44. The predicted molar refractivity (Wildman–Crippen MR) is 76.8 cm³/mol. The van der Waals surface area contributed by atoms with Gasteiger partial charge in [-0.1, -0.05) is 30.3 Å². The van der Waals surface area contributed by atoms with Gasteiger partial charge in [0.05, 0.1) is 18.8 Å². The first-order chi connectivity index (χ1) is 10.7. The van der Waals surface area contributed by atoms with E-state index in [2.05, 4.69) is 0 Å². The standard InChI is InChI=1S/C17H18O5/c1-11-15(19-10-12-5-3-2-4-6-12)16-13(20-11)9-17(22-16)8-7-14(18)21-17/h2-8,11,13,15-16H,9-10H2,1H3/t11-,13-,15+,16+,17+/m1/s1. The summed E-state index contributed by atoms with van der Waals surface area (Å²) >= 11 is 0. The second-order valence-corrected chi connectivity index (χ2v) is 5.99. The van der Waals surface area contributed by atoms with Gasteiger partial charge in [-0.05, 0) is 18.6 Å². The van der Waals surface area contributed by atoms with Crippen molar-refractivity contribution in [2.45, 2.75) is 50.2 Å². The monoisotopic (exact) mass is 302 g/mol. The average molecular weight is 302 g/mol. The lowest BCUT2D eigenvalue weighted by Gasteiger charge is -2.26. The van der Waals surface area contributed by atoms with Gasteiger partial charge in [-0.15, -0.1) is 0 Å². The van der Waals surface area contributed by atoms with Crippen LogP contribution in [-0.2, 0) is 30.3 Å². The second-order valence-electron chi connectivity index (χ2n) is 5.99. The van der Waals surface area contributed by atoms with Crippen molar-refractivity contribution in [2.75, 3.05) is 0 Å². The van der Waals surface area contributed by atoms with Crippen LogP contribution in [0.4, 0.5) is 0 Å². The van der Waals surface area contributed by atoms with Gasteiger partial charge in [-0.2, -0.15) is 0 Å². The lowest BCUT2D eigenvalue weighted by molar-refractivity contribution is -0.205. The van der Waals surface area contributed by atoms with Crippen LogP contribution in [-0.4, -0.2) is 36.2 Å². The van der Waals surface area contributed by atoms with Crippen molar-refractivity contribution in [3.8, 4) is 0 Å². The summed E-state index contributed by atoms with van der Waals surface area (Å²) in [6.45, 7) is 2.49. The topological polar surface area (TPSA) is 54.0 Å². The number of benzene rings is 1. The third kappa shape index (κ3) is 2.35. The molecule has 0 aliphatic carbocycles. The molecule has 22 heavy (non-hydrogen) atoms. The Morgan fingerprint density at radius 2 is 2.14 bits per heavy atom. The third-order valence-electron chi connectivity index (χ3n) is 4.40. The zero-order chi connectivity index (χ0) is 15.2. The summed E-state index contributed by atoms with van der Waals surface area (Å²) in [6.07, 6.45) is 3.07. The van der Waals surface area contributed by atoms with E-state index in [-0.39, 0.29) is 30.4 Å². The van der Waals surface area contributed by atoms with Gasteiger partial charge in [-0.25, -0.2) is 4.79 Å². The lowest BCUT2D eigenvalue weighted by atomic mass is 10.1. The molecule has 0 saturated carbocycles. The highest BCUT2D eigenvalue weighted by atomic mass is 16.7. The fourth-order valence-electron chi connectivity index (χ4n) is 3.38. The maximum atomic E-state index is 11.3. The Bertz CT molecular complexity index is 598. The van der Waals surface area contributed by atoms with E-state index in [1.54, 1.807) is 6.08 Å². The number of rotatable bonds is 3. The van der Waals surface area contributed by atoms with Gasteiger partial charge in [0.25, 0.3) is 0 Å². The zero-order valence-electron chi connectivity index (χ0n) is 12.3. The molecule has 0 radical (unpaired) electrons. The van der Waals surface area contributed by atoms with Gasteiger partial charge >= 0.3 is 5.97 Å². The molecule has 116 valence electrons. The fraction of sp³-hybridized carbons (Fsp3) is 0.471. The quantitative estimate of drug-likeness (QED) is 0.799. The van der Waals surface area contributed by atoms with Crippen LogP contribution in [0.2, 0.25) is 0 Å². The van der Waals surface area contributed by atoms with E-state index >= 15 is 0 Å². The number of fused-ring (bicyclic) bond motifs is 1. The van der Waals surface area contributed by atoms with Crippen molar-refractivity contribution in [1.29, 1.82) is 0 Å². The van der Waals surface area contributed by atoms with Gasteiger partial charge in [0.2, 0.25) is 5.79 Å². The highest BCUT2D eigenvalue weighted by Crippen LogP contribution is 2.44. The minimum atomic E-state index is -0.957. The van der Waals surface area contributed by atoms with E-state index in [9.17, 15) is 4.79 Å². The summed E-state index contributed by atoms with van der Waals surface area (Å²) in [7, 11) is 0. The first-order valence-electron chi connectivity index (χ1n) is 7.56. The number of hydrogen-bond acceptors (Lipinski definition) is 5. The molecule has 2 saturated heterocycles. The molecule has 0 bridgehead atoms. The predicted octanol–water partition coefficient (Wildman–Crippen LogP) is 1.96. The summed E-state index contributed by atoms with van der Waals surface area (Å²) in [5.41, 5.74) is 1.11. The molecule has 0 amide bonds. The lowest BCUT2D eigenvalue weighted by Crippen LogP contribution is -2.37. The smallest absolute Gasteiger partial charge is 0.333 e. The third-order valence-corrected chi connectivity index (χ3v) is 4.40. The highest BCUT2D eigenvalue weighted by Gasteiger charge is 2.58. The van der Waals surface area contributed by atoms with E-state index in [1.165, 1.54) is 6.08 Å². The van der Waals surface area contributed by atoms with Crippen molar-refractivity contribution in [1.82, 2.24) is 0 Å². The van der Waals surface area contributed by atoms with Crippen LogP contribution in [0.3, 0.4) is 0 Å². The Hall–Kier alpha value is -1.69. The van der Waals surface area contributed by atoms with Crippen LogP contribution in [0.25, 0.3) is 0 Å². The Morgan fingerprint density at radius 1 is 1.32 bits per heavy atom. The molecule has 2 fully saturated rings. The molecular weight excluding hydrogens is 284 g/mol. The van der Waals surface area contributed by atoms with Crippen molar-refractivity contribution in [3.63, 3.8) is 0 Å². The van der Waals surface area contributed by atoms with E-state index in [0.29, 0.717) is 13.0 Å². The zero-order valence-corrected chi connectivity index (χ0v) is 12.3. The van der Waals surface area contributed by atoms with E-state index in [4.69, 9.17) is 18.9 Å². The molecular formula is C17H18O5. The normalized spacial score (nSPS) is 39.4. The Labute approximate surface area is 128 Å². The number of carbonyl (C=O) groups is 1. The first kappa shape index (κ1) is 13.9. The molecule has 1 spiro atoms. The van der Waals surface area contributed by atoms with Crippen molar-refractivity contribution >= 4 is 5.97 Å². The molecule has 5 heteroatoms. The number of hydrogen-bond donors (Lipinski definition) is 0. The van der Waals surface area contributed by atoms with Gasteiger partial charge in [0.15, 0.2) is 0 Å². The van der Waals surface area contributed by atoms with Crippen LogP contribution < -0.4 is 0 Å². The maximum Gasteiger partial charge on any atom is 0.333 e. The summed E-state index contributed by atoms with van der Waals surface area (Å²) in [6, 6.07) is 10.00. The molecule has 3 aliphatic rings. The summed E-state index contributed by atoms with van der Waals surface area (Å²) in [5, 5.41) is 0. The van der Waals surface area contributed by atoms with Crippen molar-refractivity contribution < 1.29 is 23.7 Å². The van der Waals surface area contributed by atoms with Crippen molar-refractivity contribution in [2.24, 2.45) is 0 Å². The van der Waals surface area contributed by atoms with E-state index < -0.39 is 5.79 Å². The molecule has 3 heterocycles. The van der Waals surface area contributed by atoms with Gasteiger partial charge < -0.3 is 18.9 Å².